The summed E-state index contributed by atoms with van der Waals surface area (Å²) in [6, 6.07) is 3.15. The second kappa shape index (κ2) is 5.14. The van der Waals surface area contributed by atoms with E-state index in [9.17, 15) is 4.39 Å². The average Bonchev–Trinajstić information content (AvgIpc) is 2.68. The van der Waals surface area contributed by atoms with E-state index in [1.807, 2.05) is 0 Å². The minimum Gasteiger partial charge on any atom is -0.342 e. The van der Waals surface area contributed by atoms with Crippen molar-refractivity contribution in [2.24, 2.45) is 11.7 Å². The number of nitrogens with two attached hydrogens (primary N) is 1. The highest BCUT2D eigenvalue weighted by molar-refractivity contribution is 9.10. The lowest BCUT2D eigenvalue weighted by atomic mass is 10.0. The van der Waals surface area contributed by atoms with Gasteiger partial charge in [0.05, 0.1) is 15.5 Å². The van der Waals surface area contributed by atoms with Crippen molar-refractivity contribution in [2.75, 3.05) is 6.54 Å². The van der Waals surface area contributed by atoms with E-state index in [4.69, 9.17) is 5.73 Å². The monoisotopic (exact) mass is 299 g/mol. The molecule has 5 heteroatoms. The normalized spacial score (nSPS) is 13.2. The van der Waals surface area contributed by atoms with E-state index in [0.717, 1.165) is 29.7 Å². The summed E-state index contributed by atoms with van der Waals surface area (Å²) in [7, 11) is 0. The molecule has 3 nitrogen and oxygen atoms in total. The number of aromatic nitrogens is 2. The summed E-state index contributed by atoms with van der Waals surface area (Å²) in [5.74, 6) is 1.01. The number of hydrogen-bond acceptors (Lipinski definition) is 2. The number of rotatable bonds is 4. The van der Waals surface area contributed by atoms with Gasteiger partial charge in [0.15, 0.2) is 0 Å². The van der Waals surface area contributed by atoms with Gasteiger partial charge in [0.2, 0.25) is 0 Å². The van der Waals surface area contributed by atoms with Gasteiger partial charge in [-0.3, -0.25) is 0 Å². The Morgan fingerprint density at radius 3 is 2.94 bits per heavy atom. The maximum atomic E-state index is 13.3. The molecule has 2 rings (SSSR count). The fraction of sp³-hybridized carbons (Fsp3) is 0.417. The fourth-order valence-electron chi connectivity index (χ4n) is 1.82. The summed E-state index contributed by atoms with van der Waals surface area (Å²) in [5, 5.41) is 0. The maximum Gasteiger partial charge on any atom is 0.139 e. The SMILES string of the molecule is CCC(CN)Cc1nc2cc(Br)c(F)cc2[nH]1. The zero-order chi connectivity index (χ0) is 12.4. The summed E-state index contributed by atoms with van der Waals surface area (Å²) in [4.78, 5) is 7.58. The molecule has 0 saturated heterocycles. The number of benzene rings is 1. The Balaban J connectivity index is 2.31. The van der Waals surface area contributed by atoms with Crippen LogP contribution in [0, 0.1) is 11.7 Å². The number of nitrogens with zero attached hydrogens (tertiary/aromatic N) is 1. The molecule has 0 aliphatic heterocycles. The highest BCUT2D eigenvalue weighted by Crippen LogP contribution is 2.22. The van der Waals surface area contributed by atoms with Crippen LogP contribution in [0.1, 0.15) is 19.2 Å². The molecule has 0 bridgehead atoms. The number of nitrogens with one attached hydrogen (secondary N) is 1. The van der Waals surface area contributed by atoms with E-state index in [0.29, 0.717) is 16.9 Å². The third-order valence-corrected chi connectivity index (χ3v) is 3.57. The number of H-pyrrole nitrogens is 1. The molecule has 0 fully saturated rings. The average molecular weight is 300 g/mol. The Labute approximate surface area is 108 Å². The Morgan fingerprint density at radius 2 is 2.29 bits per heavy atom. The summed E-state index contributed by atoms with van der Waals surface area (Å²) in [6.45, 7) is 2.75. The van der Waals surface area contributed by atoms with Gasteiger partial charge in [0.25, 0.3) is 0 Å². The number of hydrogen-bond donors (Lipinski definition) is 2. The highest BCUT2D eigenvalue weighted by atomic mass is 79.9. The molecular formula is C12H15BrFN3. The van der Waals surface area contributed by atoms with Crippen molar-refractivity contribution < 1.29 is 4.39 Å². The molecule has 1 unspecified atom stereocenters. The molecule has 1 aromatic carbocycles. The first-order chi connectivity index (χ1) is 8.13. The largest absolute Gasteiger partial charge is 0.342 e. The summed E-state index contributed by atoms with van der Waals surface area (Å²) >= 11 is 3.15. The van der Waals surface area contributed by atoms with E-state index in [1.165, 1.54) is 6.07 Å². The van der Waals surface area contributed by atoms with Crippen LogP contribution in [0.3, 0.4) is 0 Å². The van der Waals surface area contributed by atoms with Crippen molar-refractivity contribution in [3.8, 4) is 0 Å². The lowest BCUT2D eigenvalue weighted by molar-refractivity contribution is 0.508. The summed E-state index contributed by atoms with van der Waals surface area (Å²) in [6.07, 6.45) is 1.83. The van der Waals surface area contributed by atoms with Crippen molar-refractivity contribution in [1.29, 1.82) is 0 Å². The van der Waals surface area contributed by atoms with Crippen LogP contribution in [0.15, 0.2) is 16.6 Å². The number of aromatic amines is 1. The van der Waals surface area contributed by atoms with Crippen LogP contribution in [0.5, 0.6) is 0 Å². The molecule has 0 spiro atoms. The van der Waals surface area contributed by atoms with E-state index >= 15 is 0 Å². The molecule has 1 heterocycles. The molecule has 92 valence electrons. The van der Waals surface area contributed by atoms with Gasteiger partial charge in [-0.25, -0.2) is 9.37 Å². The predicted octanol–water partition coefficient (Wildman–Crippen LogP) is 2.99. The molecule has 0 aliphatic carbocycles. The highest BCUT2D eigenvalue weighted by Gasteiger charge is 2.11. The molecule has 17 heavy (non-hydrogen) atoms. The van der Waals surface area contributed by atoms with Crippen LogP contribution >= 0.6 is 15.9 Å². The quantitative estimate of drug-likeness (QED) is 0.912. The van der Waals surface area contributed by atoms with Crippen LogP contribution in [0.2, 0.25) is 0 Å². The second-order valence-electron chi connectivity index (χ2n) is 4.18. The lowest BCUT2D eigenvalue weighted by Crippen LogP contribution is -2.16. The standard InChI is InChI=1S/C12H15BrFN3/c1-2-7(6-15)3-12-16-10-4-8(13)9(14)5-11(10)17-12/h4-5,7H,2-3,6,15H2,1H3,(H,16,17). The van der Waals surface area contributed by atoms with Gasteiger partial charge in [-0.1, -0.05) is 13.3 Å². The second-order valence-corrected chi connectivity index (χ2v) is 5.04. The summed E-state index contributed by atoms with van der Waals surface area (Å²) in [5.41, 5.74) is 7.17. The Hall–Kier alpha value is -0.940. The number of halogens is 2. The first kappa shape index (κ1) is 12.5. The van der Waals surface area contributed by atoms with Gasteiger partial charge in [0.1, 0.15) is 11.6 Å². The predicted molar refractivity (Wildman–Crippen MR) is 70.3 cm³/mol. The van der Waals surface area contributed by atoms with Crippen LogP contribution in [0.25, 0.3) is 11.0 Å². The molecule has 1 atom stereocenters. The lowest BCUT2D eigenvalue weighted by Gasteiger charge is -2.08. The van der Waals surface area contributed by atoms with E-state index in [2.05, 4.69) is 32.8 Å². The minimum atomic E-state index is -0.279. The van der Waals surface area contributed by atoms with Crippen molar-refractivity contribution in [1.82, 2.24) is 9.97 Å². The molecule has 2 aromatic rings. The van der Waals surface area contributed by atoms with Crippen molar-refractivity contribution in [2.45, 2.75) is 19.8 Å². The van der Waals surface area contributed by atoms with Gasteiger partial charge in [0, 0.05) is 12.5 Å². The van der Waals surface area contributed by atoms with Crippen LogP contribution < -0.4 is 5.73 Å². The Morgan fingerprint density at radius 1 is 1.53 bits per heavy atom. The van der Waals surface area contributed by atoms with Crippen molar-refractivity contribution >= 4 is 27.0 Å². The van der Waals surface area contributed by atoms with Crippen LogP contribution in [0.4, 0.5) is 4.39 Å². The van der Waals surface area contributed by atoms with Gasteiger partial charge in [-0.05, 0) is 34.5 Å². The van der Waals surface area contributed by atoms with Crippen molar-refractivity contribution in [3.05, 3.63) is 28.2 Å². The molecular weight excluding hydrogens is 285 g/mol. The van der Waals surface area contributed by atoms with Crippen molar-refractivity contribution in [3.63, 3.8) is 0 Å². The minimum absolute atomic E-state index is 0.279. The molecule has 0 amide bonds. The Kier molecular flexibility index (Phi) is 3.79. The number of imidazole rings is 1. The van der Waals surface area contributed by atoms with E-state index < -0.39 is 0 Å². The third-order valence-electron chi connectivity index (χ3n) is 2.97. The fourth-order valence-corrected chi connectivity index (χ4v) is 2.15. The Bertz CT molecular complexity index is 481. The molecule has 3 N–H and O–H groups in total. The van der Waals surface area contributed by atoms with Gasteiger partial charge >= 0.3 is 0 Å². The third kappa shape index (κ3) is 2.66. The molecule has 0 radical (unpaired) electrons. The molecule has 1 aromatic heterocycles. The first-order valence-corrected chi connectivity index (χ1v) is 6.47. The number of fused-ring (bicyclic) bond motifs is 1. The smallest absolute Gasteiger partial charge is 0.139 e. The van der Waals surface area contributed by atoms with E-state index in [-0.39, 0.29) is 5.82 Å². The summed E-state index contributed by atoms with van der Waals surface area (Å²) < 4.78 is 13.8. The van der Waals surface area contributed by atoms with Crippen LogP contribution in [-0.2, 0) is 6.42 Å². The van der Waals surface area contributed by atoms with E-state index in [1.54, 1.807) is 6.07 Å². The van der Waals surface area contributed by atoms with Crippen LogP contribution in [-0.4, -0.2) is 16.5 Å². The molecule has 0 aliphatic rings. The van der Waals surface area contributed by atoms with Gasteiger partial charge in [-0.2, -0.15) is 0 Å². The molecule has 0 saturated carbocycles. The first-order valence-electron chi connectivity index (χ1n) is 5.67. The topological polar surface area (TPSA) is 54.7 Å². The zero-order valence-corrected chi connectivity index (χ0v) is 11.2. The van der Waals surface area contributed by atoms with Gasteiger partial charge in [-0.15, -0.1) is 0 Å². The zero-order valence-electron chi connectivity index (χ0n) is 9.63. The van der Waals surface area contributed by atoms with Gasteiger partial charge < -0.3 is 10.7 Å². The maximum absolute atomic E-state index is 13.3.